The standard InChI is InChI=1S/C14H16N2O5/c1-7(14(18)19)15-13(17)9-6-8-10(20-2)4-5-11(21-3)12(8)16-9/h4-7,16H,1-3H3,(H,15,17)(H,18,19)/t7-/m0/s1. The van der Waals surface area contributed by atoms with Gasteiger partial charge in [-0.1, -0.05) is 0 Å². The first-order valence-electron chi connectivity index (χ1n) is 6.25. The molecule has 3 N–H and O–H groups in total. The van der Waals surface area contributed by atoms with Crippen LogP contribution in [0.4, 0.5) is 0 Å². The van der Waals surface area contributed by atoms with Crippen molar-refractivity contribution in [2.75, 3.05) is 14.2 Å². The van der Waals surface area contributed by atoms with Gasteiger partial charge >= 0.3 is 5.97 Å². The number of carbonyl (C=O) groups is 2. The summed E-state index contributed by atoms with van der Waals surface area (Å²) in [4.78, 5) is 25.7. The summed E-state index contributed by atoms with van der Waals surface area (Å²) in [5, 5.41) is 11.9. The Morgan fingerprint density at radius 3 is 2.43 bits per heavy atom. The van der Waals surface area contributed by atoms with Gasteiger partial charge in [0, 0.05) is 5.39 Å². The average Bonchev–Trinajstić information content (AvgIpc) is 2.91. The summed E-state index contributed by atoms with van der Waals surface area (Å²) in [5.41, 5.74) is 0.853. The lowest BCUT2D eigenvalue weighted by atomic mass is 10.2. The largest absolute Gasteiger partial charge is 0.496 e. The fourth-order valence-electron chi connectivity index (χ4n) is 1.97. The quantitative estimate of drug-likeness (QED) is 0.773. The van der Waals surface area contributed by atoms with Crippen molar-refractivity contribution < 1.29 is 24.2 Å². The number of aromatic nitrogens is 1. The molecule has 0 radical (unpaired) electrons. The van der Waals surface area contributed by atoms with Crippen molar-refractivity contribution in [2.24, 2.45) is 0 Å². The second-order valence-electron chi connectivity index (χ2n) is 4.48. The molecular formula is C14H16N2O5. The number of carboxylic acids is 1. The Labute approximate surface area is 120 Å². The Morgan fingerprint density at radius 1 is 1.24 bits per heavy atom. The molecule has 1 aromatic heterocycles. The van der Waals surface area contributed by atoms with Crippen molar-refractivity contribution in [1.82, 2.24) is 10.3 Å². The molecule has 0 saturated carbocycles. The van der Waals surface area contributed by atoms with E-state index in [1.54, 1.807) is 18.2 Å². The fraction of sp³-hybridized carbons (Fsp3) is 0.286. The Kier molecular flexibility index (Phi) is 4.02. The van der Waals surface area contributed by atoms with Crippen molar-refractivity contribution in [3.8, 4) is 11.5 Å². The van der Waals surface area contributed by atoms with Crippen LogP contribution in [0.25, 0.3) is 10.9 Å². The molecule has 0 aliphatic rings. The third kappa shape index (κ3) is 2.76. The highest BCUT2D eigenvalue weighted by Crippen LogP contribution is 2.33. The minimum atomic E-state index is -1.10. The Morgan fingerprint density at radius 2 is 1.86 bits per heavy atom. The molecule has 0 saturated heterocycles. The molecule has 2 rings (SSSR count). The SMILES string of the molecule is COc1ccc(OC)c2[nH]c(C(=O)N[C@@H](C)C(=O)O)cc12. The number of aliphatic carboxylic acids is 1. The third-order valence-electron chi connectivity index (χ3n) is 3.12. The van der Waals surface area contributed by atoms with Crippen LogP contribution in [0.15, 0.2) is 18.2 Å². The zero-order valence-corrected chi connectivity index (χ0v) is 11.9. The normalized spacial score (nSPS) is 12.0. The predicted octanol–water partition coefficient (Wildman–Crippen LogP) is 1.39. The van der Waals surface area contributed by atoms with Gasteiger partial charge in [-0.25, -0.2) is 0 Å². The smallest absolute Gasteiger partial charge is 0.325 e. The van der Waals surface area contributed by atoms with E-state index in [1.165, 1.54) is 21.1 Å². The third-order valence-corrected chi connectivity index (χ3v) is 3.12. The average molecular weight is 292 g/mol. The van der Waals surface area contributed by atoms with Crippen molar-refractivity contribution >= 4 is 22.8 Å². The Hall–Kier alpha value is -2.70. The zero-order chi connectivity index (χ0) is 15.6. The molecule has 1 amide bonds. The molecule has 0 aliphatic heterocycles. The lowest BCUT2D eigenvalue weighted by Crippen LogP contribution is -2.38. The van der Waals surface area contributed by atoms with Crippen LogP contribution in [0.3, 0.4) is 0 Å². The number of hydrogen-bond donors (Lipinski definition) is 3. The van der Waals surface area contributed by atoms with E-state index in [4.69, 9.17) is 14.6 Å². The van der Waals surface area contributed by atoms with Gasteiger partial charge in [0.1, 0.15) is 23.2 Å². The molecule has 0 aliphatic carbocycles. The number of fused-ring (bicyclic) bond motifs is 1. The van der Waals surface area contributed by atoms with E-state index in [2.05, 4.69) is 10.3 Å². The van der Waals surface area contributed by atoms with Gasteiger partial charge in [0.25, 0.3) is 5.91 Å². The summed E-state index contributed by atoms with van der Waals surface area (Å²) < 4.78 is 10.5. The highest BCUT2D eigenvalue weighted by molar-refractivity contribution is 6.02. The van der Waals surface area contributed by atoms with E-state index >= 15 is 0 Å². The lowest BCUT2D eigenvalue weighted by Gasteiger charge is -2.07. The second-order valence-corrected chi connectivity index (χ2v) is 4.48. The number of ether oxygens (including phenoxy) is 2. The van der Waals surface area contributed by atoms with Crippen LogP contribution in [0.1, 0.15) is 17.4 Å². The lowest BCUT2D eigenvalue weighted by molar-refractivity contribution is -0.138. The first-order chi connectivity index (χ1) is 9.97. The van der Waals surface area contributed by atoms with Gasteiger partial charge in [-0.05, 0) is 25.1 Å². The van der Waals surface area contributed by atoms with Gasteiger partial charge in [-0.15, -0.1) is 0 Å². The van der Waals surface area contributed by atoms with Crippen LogP contribution in [0, 0.1) is 0 Å². The van der Waals surface area contributed by atoms with E-state index < -0.39 is 17.9 Å². The molecule has 1 aromatic carbocycles. The Bertz CT molecular complexity index is 651. The van der Waals surface area contributed by atoms with Crippen molar-refractivity contribution in [3.63, 3.8) is 0 Å². The van der Waals surface area contributed by atoms with Crippen molar-refractivity contribution in [1.29, 1.82) is 0 Å². The number of amides is 1. The maximum atomic E-state index is 12.0. The first kappa shape index (κ1) is 14.7. The summed E-state index contributed by atoms with van der Waals surface area (Å²) in [7, 11) is 3.05. The maximum absolute atomic E-state index is 12.0. The molecule has 0 unspecified atom stereocenters. The molecule has 7 nitrogen and oxygen atoms in total. The molecule has 0 bridgehead atoms. The van der Waals surface area contributed by atoms with Gasteiger partial charge in [-0.2, -0.15) is 0 Å². The molecule has 0 fully saturated rings. The number of benzene rings is 1. The summed E-state index contributed by atoms with van der Waals surface area (Å²) in [6, 6.07) is 4.07. The van der Waals surface area contributed by atoms with E-state index in [0.29, 0.717) is 22.4 Å². The predicted molar refractivity (Wildman–Crippen MR) is 76.0 cm³/mol. The Balaban J connectivity index is 2.42. The monoisotopic (exact) mass is 292 g/mol. The topological polar surface area (TPSA) is 101 Å². The number of methoxy groups -OCH3 is 2. The van der Waals surface area contributed by atoms with Crippen LogP contribution < -0.4 is 14.8 Å². The summed E-state index contributed by atoms with van der Waals surface area (Å²) in [5.74, 6) is -0.455. The fourth-order valence-corrected chi connectivity index (χ4v) is 1.97. The molecule has 112 valence electrons. The van der Waals surface area contributed by atoms with E-state index in [1.807, 2.05) is 0 Å². The van der Waals surface area contributed by atoms with Gasteiger partial charge in [0.05, 0.1) is 19.7 Å². The van der Waals surface area contributed by atoms with E-state index in [9.17, 15) is 9.59 Å². The summed E-state index contributed by atoms with van der Waals surface area (Å²) in [6.45, 7) is 1.39. The van der Waals surface area contributed by atoms with Gasteiger partial charge in [0.15, 0.2) is 0 Å². The van der Waals surface area contributed by atoms with E-state index in [0.717, 1.165) is 0 Å². The molecule has 0 spiro atoms. The zero-order valence-electron chi connectivity index (χ0n) is 11.9. The number of carboxylic acid groups (broad SMARTS) is 1. The van der Waals surface area contributed by atoms with Crippen LogP contribution in [0.2, 0.25) is 0 Å². The molecule has 7 heteroatoms. The van der Waals surface area contributed by atoms with Crippen LogP contribution in [-0.2, 0) is 4.79 Å². The number of carbonyl (C=O) groups excluding carboxylic acids is 1. The number of rotatable bonds is 5. The van der Waals surface area contributed by atoms with Gasteiger partial charge < -0.3 is 24.9 Å². The van der Waals surface area contributed by atoms with E-state index in [-0.39, 0.29) is 5.69 Å². The molecule has 1 atom stereocenters. The van der Waals surface area contributed by atoms with Crippen molar-refractivity contribution in [3.05, 3.63) is 23.9 Å². The highest BCUT2D eigenvalue weighted by Gasteiger charge is 2.19. The minimum Gasteiger partial charge on any atom is -0.496 e. The number of nitrogens with one attached hydrogen (secondary N) is 2. The summed E-state index contributed by atoms with van der Waals surface area (Å²) in [6.07, 6.45) is 0. The highest BCUT2D eigenvalue weighted by atomic mass is 16.5. The number of hydrogen-bond acceptors (Lipinski definition) is 4. The second kappa shape index (κ2) is 5.74. The van der Waals surface area contributed by atoms with Crippen LogP contribution in [-0.4, -0.2) is 42.2 Å². The molecule has 2 aromatic rings. The molecule has 1 heterocycles. The van der Waals surface area contributed by atoms with Gasteiger partial charge in [-0.3, -0.25) is 9.59 Å². The number of aromatic amines is 1. The van der Waals surface area contributed by atoms with Gasteiger partial charge in [0.2, 0.25) is 0 Å². The molecular weight excluding hydrogens is 276 g/mol. The first-order valence-corrected chi connectivity index (χ1v) is 6.25. The van der Waals surface area contributed by atoms with Crippen LogP contribution >= 0.6 is 0 Å². The van der Waals surface area contributed by atoms with Crippen molar-refractivity contribution in [2.45, 2.75) is 13.0 Å². The van der Waals surface area contributed by atoms with Crippen LogP contribution in [0.5, 0.6) is 11.5 Å². The maximum Gasteiger partial charge on any atom is 0.325 e. The number of H-pyrrole nitrogens is 1. The molecule has 21 heavy (non-hydrogen) atoms. The summed E-state index contributed by atoms with van der Waals surface area (Å²) >= 11 is 0. The minimum absolute atomic E-state index is 0.237.